The van der Waals surface area contributed by atoms with E-state index in [9.17, 15) is 9.59 Å². The monoisotopic (exact) mass is 244 g/mol. The number of ether oxygens (including phenoxy) is 3. The van der Waals surface area contributed by atoms with Crippen molar-refractivity contribution in [3.8, 4) is 0 Å². The number of methoxy groups -OCH3 is 2. The molecule has 0 aliphatic heterocycles. The van der Waals surface area contributed by atoms with Crippen LogP contribution in [0.5, 0.6) is 0 Å². The molecular weight excluding hydrogens is 224 g/mol. The molecule has 0 radical (unpaired) electrons. The minimum absolute atomic E-state index is 0.0483. The van der Waals surface area contributed by atoms with Gasteiger partial charge in [0.25, 0.3) is 0 Å². The Morgan fingerprint density at radius 2 is 2.00 bits per heavy atom. The lowest BCUT2D eigenvalue weighted by Crippen LogP contribution is -2.56. The van der Waals surface area contributed by atoms with Crippen LogP contribution in [0.3, 0.4) is 0 Å². The quantitative estimate of drug-likeness (QED) is 0.518. The second kappa shape index (κ2) is 5.60. The van der Waals surface area contributed by atoms with Crippen LogP contribution in [0.1, 0.15) is 26.7 Å². The number of esters is 1. The molecule has 1 fully saturated rings. The van der Waals surface area contributed by atoms with Gasteiger partial charge in [0.15, 0.2) is 0 Å². The van der Waals surface area contributed by atoms with Crippen LogP contribution in [-0.2, 0) is 23.8 Å². The van der Waals surface area contributed by atoms with Crippen molar-refractivity contribution in [2.45, 2.75) is 32.8 Å². The standard InChI is InChI=1S/C12H20O5/c1-8(13)6-12(2)9(11(14)16-4)5-10(12)17-7-15-3/h9-10H,5-7H2,1-4H3/t9-,10-,12+/m0/s1. The molecule has 0 N–H and O–H groups in total. The zero-order valence-corrected chi connectivity index (χ0v) is 10.8. The summed E-state index contributed by atoms with van der Waals surface area (Å²) in [6.45, 7) is 3.58. The fraction of sp³-hybridized carbons (Fsp3) is 0.833. The Morgan fingerprint density at radius 3 is 2.47 bits per heavy atom. The average Bonchev–Trinajstić information content (AvgIpc) is 2.26. The third kappa shape index (κ3) is 2.84. The Balaban J connectivity index is 2.71. The van der Waals surface area contributed by atoms with E-state index >= 15 is 0 Å². The molecule has 0 unspecified atom stereocenters. The van der Waals surface area contributed by atoms with Crippen molar-refractivity contribution in [3.63, 3.8) is 0 Å². The number of ketones is 1. The minimum Gasteiger partial charge on any atom is -0.469 e. The first kappa shape index (κ1) is 14.1. The fourth-order valence-electron chi connectivity index (χ4n) is 2.51. The predicted octanol–water partition coefficient (Wildman–Crippen LogP) is 1.15. The summed E-state index contributed by atoms with van der Waals surface area (Å²) in [4.78, 5) is 22.9. The van der Waals surface area contributed by atoms with Crippen molar-refractivity contribution in [1.82, 2.24) is 0 Å². The van der Waals surface area contributed by atoms with Gasteiger partial charge >= 0.3 is 5.97 Å². The van der Waals surface area contributed by atoms with Crippen molar-refractivity contribution in [3.05, 3.63) is 0 Å². The fourth-order valence-corrected chi connectivity index (χ4v) is 2.51. The maximum absolute atomic E-state index is 11.6. The van der Waals surface area contributed by atoms with E-state index in [-0.39, 0.29) is 30.6 Å². The minimum atomic E-state index is -0.475. The lowest BCUT2D eigenvalue weighted by molar-refractivity contribution is -0.206. The molecule has 0 amide bonds. The molecule has 1 aliphatic rings. The van der Waals surface area contributed by atoms with Gasteiger partial charge in [0, 0.05) is 18.9 Å². The molecule has 1 saturated carbocycles. The van der Waals surface area contributed by atoms with Crippen LogP contribution in [0.15, 0.2) is 0 Å². The van der Waals surface area contributed by atoms with Crippen LogP contribution < -0.4 is 0 Å². The lowest BCUT2D eigenvalue weighted by Gasteiger charge is -2.51. The van der Waals surface area contributed by atoms with Gasteiger partial charge in [0.1, 0.15) is 12.6 Å². The van der Waals surface area contributed by atoms with Crippen LogP contribution in [0, 0.1) is 11.3 Å². The highest BCUT2D eigenvalue weighted by Crippen LogP contribution is 2.51. The zero-order chi connectivity index (χ0) is 13.1. The van der Waals surface area contributed by atoms with Crippen molar-refractivity contribution in [2.75, 3.05) is 21.0 Å². The Kier molecular flexibility index (Phi) is 4.65. The van der Waals surface area contributed by atoms with Crippen molar-refractivity contribution < 1.29 is 23.8 Å². The highest BCUT2D eigenvalue weighted by atomic mass is 16.7. The van der Waals surface area contributed by atoms with Crippen molar-refractivity contribution in [1.29, 1.82) is 0 Å². The van der Waals surface area contributed by atoms with E-state index in [1.807, 2.05) is 6.92 Å². The molecule has 0 aromatic rings. The molecule has 0 bridgehead atoms. The molecule has 1 rings (SSSR count). The number of hydrogen-bond donors (Lipinski definition) is 0. The van der Waals surface area contributed by atoms with Crippen LogP contribution >= 0.6 is 0 Å². The second-order valence-electron chi connectivity index (χ2n) is 4.76. The van der Waals surface area contributed by atoms with Crippen LogP contribution in [0.25, 0.3) is 0 Å². The first-order valence-electron chi connectivity index (χ1n) is 5.63. The van der Waals surface area contributed by atoms with Gasteiger partial charge in [0.05, 0.1) is 19.1 Å². The number of Topliss-reactive ketones (excluding diaryl/α,β-unsaturated/α-hetero) is 1. The maximum Gasteiger partial charge on any atom is 0.309 e. The van der Waals surface area contributed by atoms with Crippen molar-refractivity contribution in [2.24, 2.45) is 11.3 Å². The Morgan fingerprint density at radius 1 is 1.35 bits per heavy atom. The van der Waals surface area contributed by atoms with E-state index in [1.165, 1.54) is 14.0 Å². The summed E-state index contributed by atoms with van der Waals surface area (Å²) in [5, 5.41) is 0. The van der Waals surface area contributed by atoms with Gasteiger partial charge in [-0.15, -0.1) is 0 Å². The number of carbonyl (C=O) groups excluding carboxylic acids is 2. The summed E-state index contributed by atoms with van der Waals surface area (Å²) in [5.41, 5.74) is -0.475. The molecule has 5 heteroatoms. The molecule has 1 aliphatic carbocycles. The Labute approximate surface area is 101 Å². The summed E-state index contributed by atoms with van der Waals surface area (Å²) in [7, 11) is 2.90. The van der Waals surface area contributed by atoms with E-state index in [0.717, 1.165) is 0 Å². The molecule has 17 heavy (non-hydrogen) atoms. The Hall–Kier alpha value is -0.940. The number of carbonyl (C=O) groups is 2. The summed E-state index contributed by atoms with van der Waals surface area (Å²) >= 11 is 0. The highest BCUT2D eigenvalue weighted by molar-refractivity contribution is 5.80. The second-order valence-corrected chi connectivity index (χ2v) is 4.76. The number of rotatable bonds is 6. The molecule has 3 atom stereocenters. The molecular formula is C12H20O5. The third-order valence-corrected chi connectivity index (χ3v) is 3.48. The molecule has 0 saturated heterocycles. The van der Waals surface area contributed by atoms with E-state index in [0.29, 0.717) is 12.8 Å². The van der Waals surface area contributed by atoms with Crippen LogP contribution in [-0.4, -0.2) is 38.9 Å². The molecule has 5 nitrogen and oxygen atoms in total. The van der Waals surface area contributed by atoms with Gasteiger partial charge in [-0.25, -0.2) is 0 Å². The normalized spacial score (nSPS) is 31.8. The predicted molar refractivity (Wildman–Crippen MR) is 60.3 cm³/mol. The zero-order valence-electron chi connectivity index (χ0n) is 10.8. The molecule has 0 aromatic heterocycles. The molecule has 0 aromatic carbocycles. The van der Waals surface area contributed by atoms with Gasteiger partial charge in [0.2, 0.25) is 0 Å². The topological polar surface area (TPSA) is 61.8 Å². The molecule has 0 heterocycles. The smallest absolute Gasteiger partial charge is 0.309 e. The van der Waals surface area contributed by atoms with Crippen LogP contribution in [0.4, 0.5) is 0 Å². The Bertz CT molecular complexity index is 301. The van der Waals surface area contributed by atoms with Crippen LogP contribution in [0.2, 0.25) is 0 Å². The van der Waals surface area contributed by atoms with Gasteiger partial charge in [-0.3, -0.25) is 4.79 Å². The van der Waals surface area contributed by atoms with Gasteiger partial charge in [-0.1, -0.05) is 6.92 Å². The first-order valence-corrected chi connectivity index (χ1v) is 5.63. The highest BCUT2D eigenvalue weighted by Gasteiger charge is 2.56. The number of hydrogen-bond acceptors (Lipinski definition) is 5. The molecule has 0 spiro atoms. The van der Waals surface area contributed by atoms with Crippen molar-refractivity contribution >= 4 is 11.8 Å². The summed E-state index contributed by atoms with van der Waals surface area (Å²) in [6, 6.07) is 0. The average molecular weight is 244 g/mol. The summed E-state index contributed by atoms with van der Waals surface area (Å²) in [5.74, 6) is -0.489. The summed E-state index contributed by atoms with van der Waals surface area (Å²) in [6.07, 6.45) is 0.775. The SMILES string of the molecule is COCO[C@H]1C[C@@H](C(=O)OC)[C@@]1(C)CC(C)=O. The summed E-state index contributed by atoms with van der Waals surface area (Å²) < 4.78 is 15.1. The first-order chi connectivity index (χ1) is 7.95. The lowest BCUT2D eigenvalue weighted by atomic mass is 9.56. The van der Waals surface area contributed by atoms with E-state index < -0.39 is 5.41 Å². The van der Waals surface area contributed by atoms with E-state index in [2.05, 4.69) is 0 Å². The van der Waals surface area contributed by atoms with E-state index in [4.69, 9.17) is 14.2 Å². The third-order valence-electron chi connectivity index (χ3n) is 3.48. The van der Waals surface area contributed by atoms with Gasteiger partial charge < -0.3 is 19.0 Å². The van der Waals surface area contributed by atoms with Gasteiger partial charge in [-0.2, -0.15) is 0 Å². The largest absolute Gasteiger partial charge is 0.469 e. The van der Waals surface area contributed by atoms with Gasteiger partial charge in [-0.05, 0) is 13.3 Å². The molecule has 98 valence electrons. The van der Waals surface area contributed by atoms with E-state index in [1.54, 1.807) is 7.11 Å². The maximum atomic E-state index is 11.6.